The Kier molecular flexibility index (Phi) is 4.27. The van der Waals surface area contributed by atoms with Crippen LogP contribution in [0, 0.1) is 0 Å². The maximum Gasteiger partial charge on any atom is 0.329 e. The predicted octanol–water partition coefficient (Wildman–Crippen LogP) is 1.42. The van der Waals surface area contributed by atoms with E-state index in [0.29, 0.717) is 24.7 Å². The Morgan fingerprint density at radius 3 is 2.50 bits per heavy atom. The van der Waals surface area contributed by atoms with Crippen LogP contribution >= 0.6 is 0 Å². The summed E-state index contributed by atoms with van der Waals surface area (Å²) < 4.78 is 5.28. The lowest BCUT2D eigenvalue weighted by molar-refractivity contribution is -0.163. The van der Waals surface area contributed by atoms with E-state index in [4.69, 9.17) is 4.74 Å². The average molecular weight is 253 g/mol. The molecule has 0 aromatic carbocycles. The summed E-state index contributed by atoms with van der Waals surface area (Å²) in [6.45, 7) is 6.69. The first-order valence-corrected chi connectivity index (χ1v) is 5.92. The Morgan fingerprint density at radius 1 is 1.44 bits per heavy atom. The van der Waals surface area contributed by atoms with Gasteiger partial charge in [0.25, 0.3) is 0 Å². The predicted molar refractivity (Wildman–Crippen MR) is 65.5 cm³/mol. The molecule has 100 valence electrons. The van der Waals surface area contributed by atoms with Gasteiger partial charge in [-0.25, -0.2) is 4.79 Å². The second-order valence-corrected chi connectivity index (χ2v) is 5.34. The molecule has 1 aliphatic rings. The van der Waals surface area contributed by atoms with Gasteiger partial charge in [0.1, 0.15) is 17.9 Å². The number of amides is 1. The molecule has 5 heteroatoms. The Labute approximate surface area is 107 Å². The number of aldehydes is 1. The minimum atomic E-state index is -0.634. The van der Waals surface area contributed by atoms with Crippen molar-refractivity contribution < 1.29 is 19.1 Å². The molecule has 1 rings (SSSR count). The molecule has 5 nitrogen and oxygen atoms in total. The van der Waals surface area contributed by atoms with Gasteiger partial charge in [-0.2, -0.15) is 0 Å². The average Bonchev–Trinajstić information content (AvgIpc) is 2.25. The van der Waals surface area contributed by atoms with Crippen molar-refractivity contribution in [2.45, 2.75) is 52.2 Å². The number of rotatable bonds is 2. The Balaban J connectivity index is 2.88. The highest BCUT2D eigenvalue weighted by Crippen LogP contribution is 2.22. The second-order valence-electron chi connectivity index (χ2n) is 5.34. The fourth-order valence-corrected chi connectivity index (χ4v) is 1.78. The van der Waals surface area contributed by atoms with Crippen molar-refractivity contribution >= 4 is 18.2 Å². The number of esters is 1. The lowest BCUT2D eigenvalue weighted by Gasteiger charge is -2.32. The van der Waals surface area contributed by atoms with E-state index in [9.17, 15) is 14.4 Å². The maximum absolute atomic E-state index is 12.0. The van der Waals surface area contributed by atoms with Gasteiger partial charge >= 0.3 is 5.97 Å². The second kappa shape index (κ2) is 5.33. The molecule has 0 aromatic rings. The van der Waals surface area contributed by atoms with Gasteiger partial charge in [-0.3, -0.25) is 9.59 Å². The normalized spacial score (nSPS) is 20.1. The molecule has 0 aliphatic carbocycles. The smallest absolute Gasteiger partial charge is 0.329 e. The summed E-state index contributed by atoms with van der Waals surface area (Å²) in [6.07, 6.45) is 3.05. The van der Waals surface area contributed by atoms with Crippen LogP contribution in [-0.2, 0) is 19.1 Å². The van der Waals surface area contributed by atoms with E-state index in [1.54, 1.807) is 20.8 Å². The third-order valence-corrected chi connectivity index (χ3v) is 2.54. The van der Waals surface area contributed by atoms with Gasteiger partial charge in [0.2, 0.25) is 5.91 Å². The molecular formula is C13H19NO4. The van der Waals surface area contributed by atoms with Gasteiger partial charge in [-0.1, -0.05) is 0 Å². The first-order valence-electron chi connectivity index (χ1n) is 5.92. The Hall–Kier alpha value is -1.65. The van der Waals surface area contributed by atoms with Crippen LogP contribution in [0.15, 0.2) is 11.8 Å². The maximum atomic E-state index is 12.0. The number of carbonyl (C=O) groups is 3. The highest BCUT2D eigenvalue weighted by atomic mass is 16.6. The van der Waals surface area contributed by atoms with Crippen LogP contribution in [0.1, 0.15) is 40.5 Å². The highest BCUT2D eigenvalue weighted by molar-refractivity contribution is 5.86. The summed E-state index contributed by atoms with van der Waals surface area (Å²) >= 11 is 0. The van der Waals surface area contributed by atoms with E-state index in [1.807, 2.05) is 0 Å². The molecule has 18 heavy (non-hydrogen) atoms. The first kappa shape index (κ1) is 14.4. The summed E-state index contributed by atoms with van der Waals surface area (Å²) in [7, 11) is 0. The van der Waals surface area contributed by atoms with E-state index in [0.717, 1.165) is 0 Å². The van der Waals surface area contributed by atoms with Crippen molar-refractivity contribution in [3.63, 3.8) is 0 Å². The molecule has 0 aromatic heterocycles. The molecule has 0 bridgehead atoms. The van der Waals surface area contributed by atoms with Gasteiger partial charge in [0.15, 0.2) is 0 Å². The van der Waals surface area contributed by atoms with Gasteiger partial charge in [-0.15, -0.1) is 0 Å². The molecule has 0 saturated heterocycles. The van der Waals surface area contributed by atoms with E-state index in [1.165, 1.54) is 18.0 Å². The molecule has 1 heterocycles. The first-order chi connectivity index (χ1) is 8.24. The number of nitrogens with zero attached hydrogens (tertiary/aromatic N) is 1. The van der Waals surface area contributed by atoms with Crippen molar-refractivity contribution in [3.05, 3.63) is 11.8 Å². The van der Waals surface area contributed by atoms with Crippen molar-refractivity contribution in [1.82, 2.24) is 4.90 Å². The van der Waals surface area contributed by atoms with Crippen LogP contribution in [-0.4, -0.2) is 34.7 Å². The molecule has 0 fully saturated rings. The number of carbonyl (C=O) groups excluding carboxylic acids is 3. The van der Waals surface area contributed by atoms with E-state index in [2.05, 4.69) is 0 Å². The zero-order chi connectivity index (χ0) is 13.9. The molecular weight excluding hydrogens is 234 g/mol. The summed E-state index contributed by atoms with van der Waals surface area (Å²) in [6, 6.07) is -0.634. The SMILES string of the molecule is CC(=O)N1C=C(C=O)CC[C@H]1C(=O)OC(C)(C)C. The minimum absolute atomic E-state index is 0.273. The highest BCUT2D eigenvalue weighted by Gasteiger charge is 2.33. The molecule has 1 aliphatic heterocycles. The Morgan fingerprint density at radius 2 is 2.06 bits per heavy atom. The summed E-state index contributed by atoms with van der Waals surface area (Å²) in [4.78, 5) is 35.5. The molecule has 0 saturated carbocycles. The monoisotopic (exact) mass is 253 g/mol. The van der Waals surface area contributed by atoms with Crippen molar-refractivity contribution in [1.29, 1.82) is 0 Å². The van der Waals surface area contributed by atoms with Crippen LogP contribution in [0.2, 0.25) is 0 Å². The lowest BCUT2D eigenvalue weighted by Crippen LogP contribution is -2.45. The van der Waals surface area contributed by atoms with Gasteiger partial charge < -0.3 is 9.64 Å². The van der Waals surface area contributed by atoms with Crippen LogP contribution in [0.5, 0.6) is 0 Å². The number of allylic oxidation sites excluding steroid dienone is 1. The van der Waals surface area contributed by atoms with E-state index in [-0.39, 0.29) is 5.91 Å². The van der Waals surface area contributed by atoms with Crippen LogP contribution < -0.4 is 0 Å². The zero-order valence-electron chi connectivity index (χ0n) is 11.2. The topological polar surface area (TPSA) is 63.7 Å². The molecule has 0 radical (unpaired) electrons. The van der Waals surface area contributed by atoms with Crippen molar-refractivity contribution in [2.24, 2.45) is 0 Å². The third-order valence-electron chi connectivity index (χ3n) is 2.54. The van der Waals surface area contributed by atoms with Gasteiger partial charge in [0, 0.05) is 18.7 Å². The molecule has 0 unspecified atom stereocenters. The lowest BCUT2D eigenvalue weighted by atomic mass is 10.0. The van der Waals surface area contributed by atoms with Crippen LogP contribution in [0.3, 0.4) is 0 Å². The van der Waals surface area contributed by atoms with Crippen LogP contribution in [0.4, 0.5) is 0 Å². The molecule has 0 spiro atoms. The summed E-state index contributed by atoms with van der Waals surface area (Å²) in [5, 5.41) is 0. The number of ether oxygens (including phenoxy) is 1. The quantitative estimate of drug-likeness (QED) is 0.551. The minimum Gasteiger partial charge on any atom is -0.458 e. The largest absolute Gasteiger partial charge is 0.458 e. The number of hydrogen-bond donors (Lipinski definition) is 0. The molecule has 1 amide bonds. The van der Waals surface area contributed by atoms with Gasteiger partial charge in [-0.05, 0) is 33.6 Å². The van der Waals surface area contributed by atoms with E-state index < -0.39 is 17.6 Å². The summed E-state index contributed by atoms with van der Waals surface area (Å²) in [5.41, 5.74) is -0.0706. The fraction of sp³-hybridized carbons (Fsp3) is 0.615. The standard InChI is InChI=1S/C13H19NO4/c1-9(16)14-7-10(8-15)5-6-11(14)12(17)18-13(2,3)4/h7-8,11H,5-6H2,1-4H3/t11-/m0/s1. The molecule has 0 N–H and O–H groups in total. The van der Waals surface area contributed by atoms with Crippen molar-refractivity contribution in [3.8, 4) is 0 Å². The number of hydrogen-bond acceptors (Lipinski definition) is 4. The fourth-order valence-electron chi connectivity index (χ4n) is 1.78. The van der Waals surface area contributed by atoms with Crippen molar-refractivity contribution in [2.75, 3.05) is 0 Å². The van der Waals surface area contributed by atoms with Gasteiger partial charge in [0.05, 0.1) is 0 Å². The van der Waals surface area contributed by atoms with Crippen LogP contribution in [0.25, 0.3) is 0 Å². The third kappa shape index (κ3) is 3.68. The van der Waals surface area contributed by atoms with E-state index >= 15 is 0 Å². The Bertz CT molecular complexity index is 392. The molecule has 1 atom stereocenters. The summed E-state index contributed by atoms with van der Waals surface area (Å²) in [5.74, 6) is -0.705. The zero-order valence-corrected chi connectivity index (χ0v) is 11.2.